The van der Waals surface area contributed by atoms with Crippen molar-refractivity contribution in [2.24, 2.45) is 0 Å². The van der Waals surface area contributed by atoms with E-state index in [1.165, 1.54) is 0 Å². The summed E-state index contributed by atoms with van der Waals surface area (Å²) in [5.41, 5.74) is 0. The van der Waals surface area contributed by atoms with Crippen molar-refractivity contribution in [3.8, 4) is 0 Å². The lowest BCUT2D eigenvalue weighted by Crippen LogP contribution is -2.16. The van der Waals surface area contributed by atoms with Crippen LogP contribution in [-0.4, -0.2) is 20.2 Å². The van der Waals surface area contributed by atoms with Gasteiger partial charge < -0.3 is 0 Å². The number of hydrogen-bond donors (Lipinski definition) is 0. The lowest BCUT2D eigenvalue weighted by atomic mass is 11.4. The topological polar surface area (TPSA) is 43.6 Å². The van der Waals surface area contributed by atoms with E-state index in [0.29, 0.717) is 0 Å². The van der Waals surface area contributed by atoms with Crippen LogP contribution in [-0.2, 0) is 3.92 Å². The molecule has 0 atom stereocenters. The summed E-state index contributed by atoms with van der Waals surface area (Å²) in [7, 11) is 0. The lowest BCUT2D eigenvalue weighted by molar-refractivity contribution is 0.559. The highest BCUT2D eigenvalue weighted by Crippen LogP contribution is 2.30. The van der Waals surface area contributed by atoms with Crippen molar-refractivity contribution in [2.45, 2.75) is 3.92 Å². The largest absolute Gasteiger partial charge is 0.305 e. The molecule has 56 valence electrons. The summed E-state index contributed by atoms with van der Waals surface area (Å²) < 4.78 is -1.39. The van der Waals surface area contributed by atoms with Crippen molar-refractivity contribution in [1.29, 1.82) is 0 Å². The molecule has 0 aliphatic rings. The first-order valence-electron chi connectivity index (χ1n) is 2.03. The molecule has 10 heavy (non-hydrogen) atoms. The standard InChI is InChI=1S/C2BrCl3N4/c3-1-7-9-10(8-1)2(4,5)6. The van der Waals surface area contributed by atoms with E-state index in [4.69, 9.17) is 34.8 Å². The molecule has 8 heteroatoms. The van der Waals surface area contributed by atoms with Gasteiger partial charge in [0, 0.05) is 0 Å². The van der Waals surface area contributed by atoms with Gasteiger partial charge in [0.2, 0.25) is 4.73 Å². The predicted octanol–water partition coefficient (Wildman–Crippen LogP) is 1.72. The van der Waals surface area contributed by atoms with Crippen LogP contribution < -0.4 is 0 Å². The maximum Gasteiger partial charge on any atom is 0.305 e. The van der Waals surface area contributed by atoms with Crippen molar-refractivity contribution < 1.29 is 0 Å². The maximum atomic E-state index is 5.38. The fourth-order valence-electron chi connectivity index (χ4n) is 0.305. The highest BCUT2D eigenvalue weighted by atomic mass is 79.9. The third-order valence-electron chi connectivity index (χ3n) is 0.616. The molecule has 0 fully saturated rings. The zero-order valence-electron chi connectivity index (χ0n) is 4.30. The molecule has 0 bridgehead atoms. The molecule has 0 saturated heterocycles. The average molecular weight is 266 g/mol. The second-order valence-corrected chi connectivity index (χ2v) is 4.25. The van der Waals surface area contributed by atoms with Crippen LogP contribution in [0, 0.1) is 0 Å². The molecule has 0 unspecified atom stereocenters. The monoisotopic (exact) mass is 264 g/mol. The highest BCUT2D eigenvalue weighted by Gasteiger charge is 2.25. The van der Waals surface area contributed by atoms with Gasteiger partial charge in [-0.3, -0.25) is 0 Å². The predicted molar refractivity (Wildman–Crippen MR) is 41.0 cm³/mol. The first-order chi connectivity index (χ1) is 4.50. The summed E-state index contributed by atoms with van der Waals surface area (Å²) in [6.07, 6.45) is 0. The fraction of sp³-hybridized carbons (Fsp3) is 0.500. The summed E-state index contributed by atoms with van der Waals surface area (Å²) in [5.74, 6) is 0. The van der Waals surface area contributed by atoms with Crippen molar-refractivity contribution in [3.05, 3.63) is 4.73 Å². The van der Waals surface area contributed by atoms with E-state index >= 15 is 0 Å². The molecular weight excluding hydrogens is 266 g/mol. The molecule has 0 saturated carbocycles. The van der Waals surface area contributed by atoms with Crippen LogP contribution in [0.15, 0.2) is 4.73 Å². The molecule has 1 aromatic rings. The number of rotatable bonds is 0. The molecule has 0 spiro atoms. The number of tetrazole rings is 1. The van der Waals surface area contributed by atoms with E-state index in [-0.39, 0.29) is 4.73 Å². The number of halogens is 4. The quantitative estimate of drug-likeness (QED) is 0.672. The normalized spacial score (nSPS) is 12.0. The van der Waals surface area contributed by atoms with Crippen molar-refractivity contribution in [1.82, 2.24) is 20.2 Å². The Morgan fingerprint density at radius 2 is 2.00 bits per heavy atom. The Kier molecular flexibility index (Phi) is 2.39. The molecular formula is C2BrCl3N4. The van der Waals surface area contributed by atoms with Gasteiger partial charge in [-0.25, -0.2) is 0 Å². The summed E-state index contributed by atoms with van der Waals surface area (Å²) in [4.78, 5) is 0.863. The van der Waals surface area contributed by atoms with E-state index < -0.39 is 3.92 Å². The van der Waals surface area contributed by atoms with Crippen LogP contribution in [0.1, 0.15) is 0 Å². The molecule has 0 N–H and O–H groups in total. The van der Waals surface area contributed by atoms with Gasteiger partial charge in [-0.1, -0.05) is 34.8 Å². The van der Waals surface area contributed by atoms with E-state index in [9.17, 15) is 0 Å². The van der Waals surface area contributed by atoms with Crippen LogP contribution in [0.3, 0.4) is 0 Å². The SMILES string of the molecule is ClC(Cl)(Cl)n1nnc(Br)n1. The third kappa shape index (κ3) is 1.95. The van der Waals surface area contributed by atoms with E-state index in [0.717, 1.165) is 4.80 Å². The highest BCUT2D eigenvalue weighted by molar-refractivity contribution is 9.10. The second kappa shape index (κ2) is 2.81. The molecule has 0 aromatic carbocycles. The fourth-order valence-corrected chi connectivity index (χ4v) is 0.741. The molecule has 4 nitrogen and oxygen atoms in total. The van der Waals surface area contributed by atoms with Crippen molar-refractivity contribution in [2.75, 3.05) is 0 Å². The van der Waals surface area contributed by atoms with Gasteiger partial charge in [-0.05, 0) is 21.1 Å². The minimum atomic E-state index is -1.67. The molecule has 0 aliphatic carbocycles. The van der Waals surface area contributed by atoms with Crippen molar-refractivity contribution >= 4 is 50.7 Å². The lowest BCUT2D eigenvalue weighted by Gasteiger charge is -2.05. The van der Waals surface area contributed by atoms with Crippen molar-refractivity contribution in [3.63, 3.8) is 0 Å². The van der Waals surface area contributed by atoms with Gasteiger partial charge in [0.15, 0.2) is 0 Å². The zero-order chi connectivity index (χ0) is 7.78. The average Bonchev–Trinajstić information content (AvgIpc) is 2.11. The van der Waals surface area contributed by atoms with Gasteiger partial charge >= 0.3 is 3.92 Å². The van der Waals surface area contributed by atoms with Crippen LogP contribution in [0.5, 0.6) is 0 Å². The van der Waals surface area contributed by atoms with Gasteiger partial charge in [-0.15, -0.1) is 15.0 Å². The number of alkyl halides is 3. The molecule has 1 heterocycles. The second-order valence-electron chi connectivity index (χ2n) is 1.32. The van der Waals surface area contributed by atoms with Gasteiger partial charge in [-0.2, -0.15) is 0 Å². The Labute approximate surface area is 79.6 Å². The summed E-state index contributed by atoms with van der Waals surface area (Å²) in [6, 6.07) is 0. The van der Waals surface area contributed by atoms with E-state index in [2.05, 4.69) is 31.3 Å². The van der Waals surface area contributed by atoms with Gasteiger partial charge in [0.05, 0.1) is 0 Å². The van der Waals surface area contributed by atoms with Crippen LogP contribution >= 0.6 is 50.7 Å². The number of aromatic nitrogens is 4. The number of hydrogen-bond acceptors (Lipinski definition) is 3. The Morgan fingerprint density at radius 1 is 1.40 bits per heavy atom. The number of nitrogens with zero attached hydrogens (tertiary/aromatic N) is 4. The van der Waals surface area contributed by atoms with Gasteiger partial charge in [0.1, 0.15) is 0 Å². The van der Waals surface area contributed by atoms with Crippen LogP contribution in [0.25, 0.3) is 0 Å². The Hall–Kier alpha value is 0.420. The Bertz CT molecular complexity index is 229. The summed E-state index contributed by atoms with van der Waals surface area (Å²) in [6.45, 7) is 0. The molecule has 0 radical (unpaired) electrons. The Morgan fingerprint density at radius 3 is 2.20 bits per heavy atom. The van der Waals surface area contributed by atoms with E-state index in [1.54, 1.807) is 0 Å². The first kappa shape index (κ1) is 8.52. The maximum absolute atomic E-state index is 5.38. The third-order valence-corrected chi connectivity index (χ3v) is 1.39. The molecule has 1 rings (SSSR count). The molecule has 0 aliphatic heterocycles. The summed E-state index contributed by atoms with van der Waals surface area (Å²) in [5, 5.41) is 10.4. The zero-order valence-corrected chi connectivity index (χ0v) is 8.15. The summed E-state index contributed by atoms with van der Waals surface area (Å²) >= 11 is 19.1. The van der Waals surface area contributed by atoms with Crippen LogP contribution in [0.2, 0.25) is 0 Å². The molecule has 0 amide bonds. The van der Waals surface area contributed by atoms with Gasteiger partial charge in [0.25, 0.3) is 0 Å². The Balaban J connectivity index is 2.96. The minimum Gasteiger partial charge on any atom is -0.120 e. The molecule has 1 aromatic heterocycles. The minimum absolute atomic E-state index is 0.277. The van der Waals surface area contributed by atoms with E-state index in [1.807, 2.05) is 0 Å². The smallest absolute Gasteiger partial charge is 0.120 e. The first-order valence-corrected chi connectivity index (χ1v) is 3.95. The van der Waals surface area contributed by atoms with Crippen LogP contribution in [0.4, 0.5) is 0 Å².